The third-order valence-corrected chi connectivity index (χ3v) is 3.99. The van der Waals surface area contributed by atoms with Crippen molar-refractivity contribution in [2.45, 2.75) is 40.2 Å². The maximum Gasteiger partial charge on any atom is 0.137 e. The molecule has 0 spiro atoms. The smallest absolute Gasteiger partial charge is 0.137 e. The lowest BCUT2D eigenvalue weighted by molar-refractivity contribution is 0.830. The minimum absolute atomic E-state index is 0.529. The fourth-order valence-electron chi connectivity index (χ4n) is 1.70. The highest BCUT2D eigenvalue weighted by Crippen LogP contribution is 2.21. The lowest BCUT2D eigenvalue weighted by atomic mass is 10.3. The van der Waals surface area contributed by atoms with Gasteiger partial charge in [0.1, 0.15) is 16.8 Å². The highest BCUT2D eigenvalue weighted by molar-refractivity contribution is 7.11. The highest BCUT2D eigenvalue weighted by atomic mass is 35.5. The number of hydrogen-bond acceptors (Lipinski definition) is 5. The van der Waals surface area contributed by atoms with Crippen molar-refractivity contribution in [3.63, 3.8) is 0 Å². The normalized spacial score (nSPS) is 10.7. The summed E-state index contributed by atoms with van der Waals surface area (Å²) in [7, 11) is 0. The van der Waals surface area contributed by atoms with E-state index in [9.17, 15) is 0 Å². The van der Waals surface area contributed by atoms with Crippen LogP contribution in [0.5, 0.6) is 0 Å². The Labute approximate surface area is 122 Å². The van der Waals surface area contributed by atoms with E-state index in [-0.39, 0.29) is 0 Å². The molecular weight excluding hydrogens is 280 g/mol. The van der Waals surface area contributed by atoms with E-state index in [4.69, 9.17) is 11.6 Å². The largest absolute Gasteiger partial charge is 0.365 e. The first kappa shape index (κ1) is 14.2. The van der Waals surface area contributed by atoms with Crippen LogP contribution in [0.25, 0.3) is 0 Å². The summed E-state index contributed by atoms with van der Waals surface area (Å²) in [6, 6.07) is 0. The third kappa shape index (κ3) is 3.64. The molecule has 1 N–H and O–H groups in total. The van der Waals surface area contributed by atoms with Crippen LogP contribution >= 0.6 is 22.9 Å². The molecule has 6 heteroatoms. The van der Waals surface area contributed by atoms with Gasteiger partial charge >= 0.3 is 0 Å². The van der Waals surface area contributed by atoms with Crippen LogP contribution in [0.15, 0.2) is 6.20 Å². The number of rotatable bonds is 5. The predicted molar refractivity (Wildman–Crippen MR) is 80.0 cm³/mol. The third-order valence-electron chi connectivity index (χ3n) is 2.71. The minimum Gasteiger partial charge on any atom is -0.365 e. The molecule has 0 aliphatic heterocycles. The molecule has 0 bridgehead atoms. The molecule has 2 aromatic heterocycles. The van der Waals surface area contributed by atoms with Crippen LogP contribution in [0.2, 0.25) is 5.15 Å². The van der Waals surface area contributed by atoms with Crippen LogP contribution in [0, 0.1) is 13.8 Å². The zero-order valence-electron chi connectivity index (χ0n) is 11.3. The SMILES string of the molecule is CCCc1nc(Cl)c(C)c(NCc2cnc(C)s2)n1. The molecule has 19 heavy (non-hydrogen) atoms. The summed E-state index contributed by atoms with van der Waals surface area (Å²) in [5, 5.41) is 4.92. The fraction of sp³-hybridized carbons (Fsp3) is 0.462. The quantitative estimate of drug-likeness (QED) is 0.853. The summed E-state index contributed by atoms with van der Waals surface area (Å²) in [6.07, 6.45) is 3.74. The van der Waals surface area contributed by atoms with E-state index in [1.807, 2.05) is 20.0 Å². The van der Waals surface area contributed by atoms with Gasteiger partial charge in [-0.25, -0.2) is 15.0 Å². The number of nitrogens with one attached hydrogen (secondary N) is 1. The minimum atomic E-state index is 0.529. The molecule has 102 valence electrons. The summed E-state index contributed by atoms with van der Waals surface area (Å²) in [5.41, 5.74) is 0.891. The second-order valence-corrected chi connectivity index (χ2v) is 6.03. The van der Waals surface area contributed by atoms with Crippen molar-refractivity contribution >= 4 is 28.8 Å². The van der Waals surface area contributed by atoms with Crippen molar-refractivity contribution in [2.75, 3.05) is 5.32 Å². The average molecular weight is 297 g/mol. The van der Waals surface area contributed by atoms with Gasteiger partial charge in [-0.15, -0.1) is 11.3 Å². The Bertz CT molecular complexity index is 568. The van der Waals surface area contributed by atoms with E-state index in [1.165, 1.54) is 4.88 Å². The number of nitrogens with zero attached hydrogens (tertiary/aromatic N) is 3. The Kier molecular flexibility index (Phi) is 4.71. The number of halogens is 1. The highest BCUT2D eigenvalue weighted by Gasteiger charge is 2.09. The van der Waals surface area contributed by atoms with Crippen molar-refractivity contribution < 1.29 is 0 Å². The van der Waals surface area contributed by atoms with Crippen molar-refractivity contribution in [1.82, 2.24) is 15.0 Å². The molecule has 0 saturated carbocycles. The molecule has 4 nitrogen and oxygen atoms in total. The van der Waals surface area contributed by atoms with E-state index in [2.05, 4.69) is 27.2 Å². The van der Waals surface area contributed by atoms with Crippen LogP contribution in [0.3, 0.4) is 0 Å². The molecule has 2 aromatic rings. The van der Waals surface area contributed by atoms with E-state index >= 15 is 0 Å². The molecule has 0 unspecified atom stereocenters. The second-order valence-electron chi connectivity index (χ2n) is 4.35. The monoisotopic (exact) mass is 296 g/mol. The summed E-state index contributed by atoms with van der Waals surface area (Å²) < 4.78 is 0. The van der Waals surface area contributed by atoms with Gasteiger partial charge in [-0.05, 0) is 20.3 Å². The fourth-order valence-corrected chi connectivity index (χ4v) is 2.62. The maximum absolute atomic E-state index is 6.14. The average Bonchev–Trinajstić information content (AvgIpc) is 2.78. The number of aromatic nitrogens is 3. The molecular formula is C13H17ClN4S. The van der Waals surface area contributed by atoms with Crippen LogP contribution in [-0.2, 0) is 13.0 Å². The van der Waals surface area contributed by atoms with Gasteiger partial charge in [0.25, 0.3) is 0 Å². The first-order valence-corrected chi connectivity index (χ1v) is 7.47. The number of thiazole rings is 1. The Morgan fingerprint density at radius 3 is 2.74 bits per heavy atom. The Morgan fingerprint density at radius 2 is 2.11 bits per heavy atom. The first-order valence-electron chi connectivity index (χ1n) is 6.28. The molecule has 0 atom stereocenters. The molecule has 0 aliphatic carbocycles. The van der Waals surface area contributed by atoms with Crippen molar-refractivity contribution in [3.05, 3.63) is 32.6 Å². The van der Waals surface area contributed by atoms with Crippen LogP contribution in [0.4, 0.5) is 5.82 Å². The Balaban J connectivity index is 2.14. The summed E-state index contributed by atoms with van der Waals surface area (Å²) >= 11 is 7.82. The standard InChI is InChI=1S/C13H17ClN4S/c1-4-5-11-17-12(14)8(2)13(18-11)16-7-10-6-15-9(3)19-10/h6H,4-5,7H2,1-3H3,(H,16,17,18). The summed E-state index contributed by atoms with van der Waals surface area (Å²) in [6.45, 7) is 6.74. The molecule has 0 radical (unpaired) electrons. The molecule has 0 saturated heterocycles. The Morgan fingerprint density at radius 1 is 1.32 bits per heavy atom. The molecule has 0 fully saturated rings. The van der Waals surface area contributed by atoms with E-state index in [0.29, 0.717) is 11.7 Å². The first-order chi connectivity index (χ1) is 9.10. The van der Waals surface area contributed by atoms with Crippen molar-refractivity contribution in [3.8, 4) is 0 Å². The topological polar surface area (TPSA) is 50.7 Å². The lowest BCUT2D eigenvalue weighted by Crippen LogP contribution is -2.06. The van der Waals surface area contributed by atoms with Gasteiger partial charge in [-0.1, -0.05) is 18.5 Å². The molecule has 0 amide bonds. The molecule has 0 aromatic carbocycles. The van der Waals surface area contributed by atoms with Crippen LogP contribution < -0.4 is 5.32 Å². The molecule has 2 heterocycles. The van der Waals surface area contributed by atoms with Gasteiger partial charge < -0.3 is 5.32 Å². The van der Waals surface area contributed by atoms with Crippen molar-refractivity contribution in [2.24, 2.45) is 0 Å². The van der Waals surface area contributed by atoms with Gasteiger partial charge in [0, 0.05) is 23.1 Å². The summed E-state index contributed by atoms with van der Waals surface area (Å²) in [4.78, 5) is 14.2. The van der Waals surface area contributed by atoms with Crippen molar-refractivity contribution in [1.29, 1.82) is 0 Å². The summed E-state index contributed by atoms with van der Waals surface area (Å²) in [5.74, 6) is 1.61. The van der Waals surface area contributed by atoms with Gasteiger partial charge in [0.05, 0.1) is 11.6 Å². The van der Waals surface area contributed by atoms with Gasteiger partial charge in [0.2, 0.25) is 0 Å². The Hall–Kier alpha value is -1.20. The van der Waals surface area contributed by atoms with Crippen LogP contribution in [0.1, 0.15) is 34.6 Å². The molecule has 0 aliphatic rings. The number of aryl methyl sites for hydroxylation is 2. The van der Waals surface area contributed by atoms with E-state index < -0.39 is 0 Å². The number of anilines is 1. The second kappa shape index (κ2) is 6.30. The lowest BCUT2D eigenvalue weighted by Gasteiger charge is -2.10. The number of hydrogen-bond donors (Lipinski definition) is 1. The van der Waals surface area contributed by atoms with E-state index in [0.717, 1.165) is 35.1 Å². The van der Waals surface area contributed by atoms with Gasteiger partial charge in [-0.2, -0.15) is 0 Å². The van der Waals surface area contributed by atoms with Gasteiger partial charge in [-0.3, -0.25) is 0 Å². The zero-order chi connectivity index (χ0) is 13.8. The molecule has 2 rings (SSSR count). The maximum atomic E-state index is 6.14. The van der Waals surface area contributed by atoms with Gasteiger partial charge in [0.15, 0.2) is 0 Å². The predicted octanol–water partition coefficient (Wildman–Crippen LogP) is 3.77. The van der Waals surface area contributed by atoms with E-state index in [1.54, 1.807) is 11.3 Å². The van der Waals surface area contributed by atoms with Crippen LogP contribution in [-0.4, -0.2) is 15.0 Å². The zero-order valence-corrected chi connectivity index (χ0v) is 12.9.